The molecule has 0 atom stereocenters. The van der Waals surface area contributed by atoms with Crippen molar-refractivity contribution < 1.29 is 22.7 Å². The van der Waals surface area contributed by atoms with Gasteiger partial charge in [0.15, 0.2) is 11.6 Å². The third kappa shape index (κ3) is 1.75. The summed E-state index contributed by atoms with van der Waals surface area (Å²) in [5.41, 5.74) is -0.772. The average Bonchev–Trinajstić information content (AvgIpc) is 2.19. The minimum atomic E-state index is -1.45. The molecule has 0 aliphatic carbocycles. The van der Waals surface area contributed by atoms with Gasteiger partial charge in [-0.25, -0.2) is 18.0 Å². The van der Waals surface area contributed by atoms with Gasteiger partial charge in [-0.3, -0.25) is 0 Å². The second kappa shape index (κ2) is 4.00. The molecule has 0 heterocycles. The fourth-order valence-corrected chi connectivity index (χ4v) is 1.12. The molecule has 1 aromatic rings. The van der Waals surface area contributed by atoms with E-state index < -0.39 is 33.5 Å². The van der Waals surface area contributed by atoms with Crippen LogP contribution in [0.4, 0.5) is 13.2 Å². The number of carbonyl (C=O) groups excluding carboxylic acids is 1. The largest absolute Gasteiger partial charge is 0.465 e. The van der Waals surface area contributed by atoms with E-state index in [0.29, 0.717) is 6.07 Å². The van der Waals surface area contributed by atoms with Crippen molar-refractivity contribution in [3.8, 4) is 0 Å². The van der Waals surface area contributed by atoms with E-state index in [2.05, 4.69) is 20.7 Å². The normalized spacial score (nSPS) is 10.1. The summed E-state index contributed by atoms with van der Waals surface area (Å²) in [6.07, 6.45) is 0. The highest BCUT2D eigenvalue weighted by Crippen LogP contribution is 2.24. The zero-order chi connectivity index (χ0) is 10.9. The molecule has 0 amide bonds. The molecule has 0 radical (unpaired) electrons. The Bertz CT molecular complexity index is 393. The Morgan fingerprint density at radius 2 is 1.93 bits per heavy atom. The van der Waals surface area contributed by atoms with Crippen LogP contribution in [0.25, 0.3) is 0 Å². The lowest BCUT2D eigenvalue weighted by molar-refractivity contribution is 0.0593. The molecule has 0 aliphatic rings. The molecular formula is C8H4BrF3O2. The van der Waals surface area contributed by atoms with Crippen LogP contribution in [0, 0.1) is 17.5 Å². The van der Waals surface area contributed by atoms with Crippen molar-refractivity contribution >= 4 is 21.9 Å². The van der Waals surface area contributed by atoms with Gasteiger partial charge >= 0.3 is 5.97 Å². The highest BCUT2D eigenvalue weighted by molar-refractivity contribution is 9.10. The van der Waals surface area contributed by atoms with Gasteiger partial charge in [-0.2, -0.15) is 0 Å². The smallest absolute Gasteiger partial charge is 0.341 e. The van der Waals surface area contributed by atoms with Crippen molar-refractivity contribution in [3.63, 3.8) is 0 Å². The van der Waals surface area contributed by atoms with E-state index in [1.165, 1.54) is 0 Å². The molecule has 0 bridgehead atoms. The fraction of sp³-hybridized carbons (Fsp3) is 0.125. The molecule has 0 N–H and O–H groups in total. The molecule has 1 aromatic carbocycles. The van der Waals surface area contributed by atoms with E-state index in [1.54, 1.807) is 0 Å². The number of benzene rings is 1. The summed E-state index contributed by atoms with van der Waals surface area (Å²) in [5, 5.41) is 0. The van der Waals surface area contributed by atoms with Crippen LogP contribution < -0.4 is 0 Å². The number of methoxy groups -OCH3 is 1. The quantitative estimate of drug-likeness (QED) is 0.445. The maximum atomic E-state index is 13.0. The molecule has 0 aromatic heterocycles. The lowest BCUT2D eigenvalue weighted by Crippen LogP contribution is -2.07. The summed E-state index contributed by atoms with van der Waals surface area (Å²) in [6.45, 7) is 0. The van der Waals surface area contributed by atoms with E-state index in [0.717, 1.165) is 7.11 Å². The third-order valence-corrected chi connectivity index (χ3v) is 2.23. The van der Waals surface area contributed by atoms with Crippen molar-refractivity contribution in [1.29, 1.82) is 0 Å². The number of hydrogen-bond donors (Lipinski definition) is 0. The number of ether oxygens (including phenoxy) is 1. The highest BCUT2D eigenvalue weighted by atomic mass is 79.9. The summed E-state index contributed by atoms with van der Waals surface area (Å²) < 4.78 is 42.2. The van der Waals surface area contributed by atoms with E-state index in [-0.39, 0.29) is 0 Å². The summed E-state index contributed by atoms with van der Waals surface area (Å²) >= 11 is 2.49. The van der Waals surface area contributed by atoms with Crippen molar-refractivity contribution in [3.05, 3.63) is 33.6 Å². The summed E-state index contributed by atoms with van der Waals surface area (Å²) in [7, 11) is 0.986. The second-order valence-electron chi connectivity index (χ2n) is 2.34. The Morgan fingerprint density at radius 3 is 2.43 bits per heavy atom. The Kier molecular flexibility index (Phi) is 3.15. The number of rotatable bonds is 1. The van der Waals surface area contributed by atoms with Crippen LogP contribution in [0.5, 0.6) is 0 Å². The van der Waals surface area contributed by atoms with Crippen LogP contribution in [0.1, 0.15) is 10.4 Å². The first-order valence-electron chi connectivity index (χ1n) is 3.40. The first-order valence-corrected chi connectivity index (χ1v) is 4.19. The molecule has 2 nitrogen and oxygen atoms in total. The van der Waals surface area contributed by atoms with Gasteiger partial charge in [0.25, 0.3) is 0 Å². The zero-order valence-corrected chi connectivity index (χ0v) is 8.49. The van der Waals surface area contributed by atoms with Gasteiger partial charge in [0.2, 0.25) is 0 Å². The molecule has 0 unspecified atom stereocenters. The van der Waals surface area contributed by atoms with Gasteiger partial charge in [0, 0.05) is 0 Å². The summed E-state index contributed by atoms with van der Waals surface area (Å²) in [5.74, 6) is -5.09. The van der Waals surface area contributed by atoms with Crippen molar-refractivity contribution in [2.75, 3.05) is 7.11 Å². The Morgan fingerprint density at radius 1 is 1.36 bits per heavy atom. The van der Waals surface area contributed by atoms with E-state index in [9.17, 15) is 18.0 Å². The van der Waals surface area contributed by atoms with Crippen LogP contribution >= 0.6 is 15.9 Å². The molecule has 0 saturated carbocycles. The first kappa shape index (κ1) is 11.0. The third-order valence-electron chi connectivity index (χ3n) is 1.51. The molecule has 0 spiro atoms. The van der Waals surface area contributed by atoms with Crippen LogP contribution in [0.2, 0.25) is 0 Å². The standard InChI is InChI=1S/C8H4BrF3O2/c1-14-8(13)3-2-4(10)5(9)7(12)6(3)11/h2H,1H3. The Labute approximate surface area is 85.8 Å². The Balaban J connectivity index is 3.40. The van der Waals surface area contributed by atoms with Crippen molar-refractivity contribution in [2.24, 2.45) is 0 Å². The topological polar surface area (TPSA) is 26.3 Å². The van der Waals surface area contributed by atoms with Crippen LogP contribution in [0.15, 0.2) is 10.5 Å². The predicted molar refractivity (Wildman–Crippen MR) is 45.4 cm³/mol. The molecule has 0 aliphatic heterocycles. The number of esters is 1. The van der Waals surface area contributed by atoms with Crippen molar-refractivity contribution in [2.45, 2.75) is 0 Å². The van der Waals surface area contributed by atoms with Crippen molar-refractivity contribution in [1.82, 2.24) is 0 Å². The summed E-state index contributed by atoms with van der Waals surface area (Å²) in [4.78, 5) is 10.8. The average molecular weight is 269 g/mol. The minimum absolute atomic E-state index is 0.564. The van der Waals surface area contributed by atoms with Crippen LogP contribution in [0.3, 0.4) is 0 Å². The molecule has 76 valence electrons. The summed E-state index contributed by atoms with van der Waals surface area (Å²) in [6, 6.07) is 0.564. The molecule has 14 heavy (non-hydrogen) atoms. The molecule has 6 heteroatoms. The lowest BCUT2D eigenvalue weighted by atomic mass is 10.2. The van der Waals surface area contributed by atoms with Gasteiger partial charge in [0.1, 0.15) is 11.4 Å². The fourth-order valence-electron chi connectivity index (χ4n) is 0.831. The zero-order valence-electron chi connectivity index (χ0n) is 6.91. The highest BCUT2D eigenvalue weighted by Gasteiger charge is 2.21. The van der Waals surface area contributed by atoms with Gasteiger partial charge in [-0.1, -0.05) is 0 Å². The molecule has 1 rings (SSSR count). The van der Waals surface area contributed by atoms with Gasteiger partial charge < -0.3 is 4.74 Å². The number of carbonyl (C=O) groups is 1. The number of halogens is 4. The Hall–Kier alpha value is -1.04. The van der Waals surface area contributed by atoms with Crippen LogP contribution in [-0.4, -0.2) is 13.1 Å². The minimum Gasteiger partial charge on any atom is -0.465 e. The molecular weight excluding hydrogens is 265 g/mol. The monoisotopic (exact) mass is 268 g/mol. The van der Waals surface area contributed by atoms with Crippen LogP contribution in [-0.2, 0) is 4.74 Å². The van der Waals surface area contributed by atoms with Gasteiger partial charge in [0.05, 0.1) is 11.6 Å². The molecule has 0 saturated heterocycles. The van der Waals surface area contributed by atoms with E-state index >= 15 is 0 Å². The second-order valence-corrected chi connectivity index (χ2v) is 3.13. The predicted octanol–water partition coefficient (Wildman–Crippen LogP) is 2.65. The van der Waals surface area contributed by atoms with E-state index in [4.69, 9.17) is 0 Å². The van der Waals surface area contributed by atoms with E-state index in [1.807, 2.05) is 0 Å². The maximum Gasteiger partial charge on any atom is 0.341 e. The van der Waals surface area contributed by atoms with Gasteiger partial charge in [-0.15, -0.1) is 0 Å². The number of hydrogen-bond acceptors (Lipinski definition) is 2. The molecule has 0 fully saturated rings. The maximum absolute atomic E-state index is 13.0. The SMILES string of the molecule is COC(=O)c1cc(F)c(Br)c(F)c1F. The lowest BCUT2D eigenvalue weighted by Gasteiger charge is -2.04. The van der Waals surface area contributed by atoms with Gasteiger partial charge in [-0.05, 0) is 22.0 Å². The first-order chi connectivity index (χ1) is 6.49.